The van der Waals surface area contributed by atoms with Crippen molar-refractivity contribution in [2.24, 2.45) is 4.99 Å². The molecule has 3 aromatic rings. The molecule has 1 saturated heterocycles. The largest absolute Gasteiger partial charge is 0.300 e. The van der Waals surface area contributed by atoms with E-state index >= 15 is 0 Å². The molecular weight excluding hydrogens is 410 g/mol. The van der Waals surface area contributed by atoms with Gasteiger partial charge < -0.3 is 5.32 Å². The number of carbonyl (C=O) groups excluding carboxylic acids is 2. The van der Waals surface area contributed by atoms with Crippen molar-refractivity contribution in [1.29, 1.82) is 0 Å². The SMILES string of the molecule is O=C(Cc1ccc(N=C2NC(=O)C(=Cc3ccc(-c4ccccc4)cc3)S2)cc1)NO. The number of hydrogen-bond donors (Lipinski definition) is 3. The Labute approximate surface area is 183 Å². The van der Waals surface area contributed by atoms with Crippen LogP contribution in [0.2, 0.25) is 0 Å². The molecule has 1 aliphatic rings. The zero-order valence-corrected chi connectivity index (χ0v) is 17.2. The Morgan fingerprint density at radius 3 is 2.32 bits per heavy atom. The van der Waals surface area contributed by atoms with E-state index in [0.29, 0.717) is 15.8 Å². The molecule has 0 spiro atoms. The smallest absolute Gasteiger partial charge is 0.264 e. The standard InChI is InChI=1S/C24H19N3O3S/c28-22(27-30)15-17-8-12-20(13-9-17)25-24-26-23(29)21(31-24)14-16-6-10-19(11-7-16)18-4-2-1-3-5-18/h1-14,30H,15H2,(H,27,28)(H,25,26,29). The zero-order valence-electron chi connectivity index (χ0n) is 16.4. The quantitative estimate of drug-likeness (QED) is 0.321. The Hall–Kier alpha value is -3.68. The average molecular weight is 430 g/mol. The van der Waals surface area contributed by atoms with E-state index in [1.165, 1.54) is 11.8 Å². The summed E-state index contributed by atoms with van der Waals surface area (Å²) in [5.41, 5.74) is 6.21. The summed E-state index contributed by atoms with van der Waals surface area (Å²) < 4.78 is 0. The van der Waals surface area contributed by atoms with Crippen molar-refractivity contribution in [3.05, 3.63) is 94.9 Å². The number of benzene rings is 3. The van der Waals surface area contributed by atoms with Crippen LogP contribution in [0.3, 0.4) is 0 Å². The lowest BCUT2D eigenvalue weighted by atomic mass is 10.0. The molecule has 2 amide bonds. The highest BCUT2D eigenvalue weighted by Gasteiger charge is 2.23. The van der Waals surface area contributed by atoms with Gasteiger partial charge in [-0.15, -0.1) is 0 Å². The van der Waals surface area contributed by atoms with Gasteiger partial charge in [-0.2, -0.15) is 0 Å². The minimum Gasteiger partial charge on any atom is -0.300 e. The second-order valence-corrected chi connectivity index (χ2v) is 7.88. The Kier molecular flexibility index (Phi) is 6.26. The van der Waals surface area contributed by atoms with Gasteiger partial charge in [-0.3, -0.25) is 14.8 Å². The zero-order chi connectivity index (χ0) is 21.6. The van der Waals surface area contributed by atoms with Crippen LogP contribution in [0.15, 0.2) is 88.8 Å². The molecule has 0 unspecified atom stereocenters. The number of nitrogens with zero attached hydrogens (tertiary/aromatic N) is 1. The Balaban J connectivity index is 1.45. The third kappa shape index (κ3) is 5.28. The molecule has 1 fully saturated rings. The first kappa shape index (κ1) is 20.6. The topological polar surface area (TPSA) is 90.8 Å². The maximum absolute atomic E-state index is 12.3. The van der Waals surface area contributed by atoms with E-state index in [4.69, 9.17) is 5.21 Å². The predicted octanol–water partition coefficient (Wildman–Crippen LogP) is 4.29. The van der Waals surface area contributed by atoms with Gasteiger partial charge in [0.1, 0.15) is 0 Å². The third-order valence-electron chi connectivity index (χ3n) is 4.62. The lowest BCUT2D eigenvalue weighted by Gasteiger charge is -2.02. The molecule has 0 aromatic heterocycles. The van der Waals surface area contributed by atoms with Crippen LogP contribution >= 0.6 is 11.8 Å². The molecule has 154 valence electrons. The number of thioether (sulfide) groups is 1. The summed E-state index contributed by atoms with van der Waals surface area (Å²) >= 11 is 1.28. The van der Waals surface area contributed by atoms with E-state index in [1.54, 1.807) is 29.7 Å². The van der Waals surface area contributed by atoms with Gasteiger partial charge >= 0.3 is 0 Å². The van der Waals surface area contributed by atoms with Crippen molar-refractivity contribution in [3.8, 4) is 11.1 Å². The van der Waals surface area contributed by atoms with Gasteiger partial charge in [-0.25, -0.2) is 10.5 Å². The van der Waals surface area contributed by atoms with E-state index in [1.807, 2.05) is 48.5 Å². The van der Waals surface area contributed by atoms with Crippen molar-refractivity contribution in [1.82, 2.24) is 10.8 Å². The summed E-state index contributed by atoms with van der Waals surface area (Å²) in [7, 11) is 0. The lowest BCUT2D eigenvalue weighted by Crippen LogP contribution is -2.20. The third-order valence-corrected chi connectivity index (χ3v) is 5.53. The van der Waals surface area contributed by atoms with Crippen molar-refractivity contribution in [3.63, 3.8) is 0 Å². The molecule has 3 aromatic carbocycles. The number of rotatable bonds is 5. The maximum Gasteiger partial charge on any atom is 0.264 e. The highest BCUT2D eigenvalue weighted by atomic mass is 32.2. The van der Waals surface area contributed by atoms with Gasteiger partial charge in [0.05, 0.1) is 17.0 Å². The van der Waals surface area contributed by atoms with Crippen molar-refractivity contribution in [2.75, 3.05) is 0 Å². The minimum atomic E-state index is -0.482. The van der Waals surface area contributed by atoms with Gasteiger partial charge in [0.15, 0.2) is 5.17 Å². The fourth-order valence-electron chi connectivity index (χ4n) is 3.06. The highest BCUT2D eigenvalue weighted by molar-refractivity contribution is 8.18. The van der Waals surface area contributed by atoms with Gasteiger partial charge in [-0.05, 0) is 52.2 Å². The monoisotopic (exact) mass is 429 g/mol. The van der Waals surface area contributed by atoms with E-state index in [0.717, 1.165) is 22.3 Å². The second kappa shape index (κ2) is 9.42. The van der Waals surface area contributed by atoms with Crippen LogP contribution in [0.25, 0.3) is 17.2 Å². The van der Waals surface area contributed by atoms with E-state index in [9.17, 15) is 9.59 Å². The average Bonchev–Trinajstić information content (AvgIpc) is 3.14. The van der Waals surface area contributed by atoms with Crippen LogP contribution in [-0.2, 0) is 16.0 Å². The molecule has 0 radical (unpaired) electrons. The summed E-state index contributed by atoms with van der Waals surface area (Å²) in [4.78, 5) is 28.6. The minimum absolute atomic E-state index is 0.0782. The first-order valence-electron chi connectivity index (χ1n) is 9.58. The number of hydrogen-bond acceptors (Lipinski definition) is 5. The lowest BCUT2D eigenvalue weighted by molar-refractivity contribution is -0.128. The van der Waals surface area contributed by atoms with Crippen LogP contribution in [0.1, 0.15) is 11.1 Å². The number of aliphatic imine (C=N–C) groups is 1. The number of nitrogens with one attached hydrogen (secondary N) is 2. The predicted molar refractivity (Wildman–Crippen MR) is 123 cm³/mol. The Morgan fingerprint density at radius 1 is 0.968 bits per heavy atom. The van der Waals surface area contributed by atoms with Crippen molar-refractivity contribution >= 4 is 40.5 Å². The molecule has 0 atom stereocenters. The molecule has 1 heterocycles. The van der Waals surface area contributed by atoms with Crippen LogP contribution < -0.4 is 10.8 Å². The number of amidine groups is 1. The number of amides is 2. The first-order chi connectivity index (χ1) is 15.1. The first-order valence-corrected chi connectivity index (χ1v) is 10.4. The molecule has 4 rings (SSSR count). The molecule has 0 aliphatic carbocycles. The Bertz CT molecular complexity index is 1150. The van der Waals surface area contributed by atoms with Crippen LogP contribution in [-0.4, -0.2) is 22.2 Å². The van der Waals surface area contributed by atoms with Crippen LogP contribution in [0, 0.1) is 0 Å². The molecule has 7 heteroatoms. The van der Waals surface area contributed by atoms with E-state index in [2.05, 4.69) is 22.4 Å². The van der Waals surface area contributed by atoms with Crippen LogP contribution in [0.4, 0.5) is 5.69 Å². The normalized spacial score (nSPS) is 15.8. The highest BCUT2D eigenvalue weighted by Crippen LogP contribution is 2.29. The molecule has 0 bridgehead atoms. The summed E-state index contributed by atoms with van der Waals surface area (Å²) in [6, 6.07) is 25.2. The van der Waals surface area contributed by atoms with Crippen molar-refractivity contribution in [2.45, 2.75) is 6.42 Å². The summed E-state index contributed by atoms with van der Waals surface area (Å²) in [5, 5.41) is 11.9. The molecule has 6 nitrogen and oxygen atoms in total. The van der Waals surface area contributed by atoms with Gasteiger partial charge in [-0.1, -0.05) is 66.7 Å². The van der Waals surface area contributed by atoms with E-state index in [-0.39, 0.29) is 12.3 Å². The number of hydroxylamine groups is 1. The second-order valence-electron chi connectivity index (χ2n) is 6.85. The van der Waals surface area contributed by atoms with Gasteiger partial charge in [0.2, 0.25) is 5.91 Å². The summed E-state index contributed by atoms with van der Waals surface area (Å²) in [6.07, 6.45) is 1.92. The number of carbonyl (C=O) groups is 2. The molecule has 31 heavy (non-hydrogen) atoms. The fourth-order valence-corrected chi connectivity index (χ4v) is 3.91. The van der Waals surface area contributed by atoms with Gasteiger partial charge in [0.25, 0.3) is 5.91 Å². The summed E-state index contributed by atoms with van der Waals surface area (Å²) in [5.74, 6) is -0.670. The fraction of sp³-hybridized carbons (Fsp3) is 0.0417. The van der Waals surface area contributed by atoms with E-state index < -0.39 is 5.91 Å². The Morgan fingerprint density at radius 2 is 1.65 bits per heavy atom. The van der Waals surface area contributed by atoms with Gasteiger partial charge in [0, 0.05) is 0 Å². The molecule has 1 aliphatic heterocycles. The van der Waals surface area contributed by atoms with Crippen LogP contribution in [0.5, 0.6) is 0 Å². The maximum atomic E-state index is 12.3. The van der Waals surface area contributed by atoms with Crippen molar-refractivity contribution < 1.29 is 14.8 Å². The molecule has 3 N–H and O–H groups in total. The molecule has 0 saturated carbocycles. The summed E-state index contributed by atoms with van der Waals surface area (Å²) in [6.45, 7) is 0. The molecular formula is C24H19N3O3S.